The Kier molecular flexibility index (Phi) is 7.13. The fourth-order valence-electron chi connectivity index (χ4n) is 3.10. The highest BCUT2D eigenvalue weighted by molar-refractivity contribution is 7.99. The number of ether oxygens (including phenoxy) is 1. The summed E-state index contributed by atoms with van der Waals surface area (Å²) < 4.78 is 5.42. The van der Waals surface area contributed by atoms with E-state index < -0.39 is 0 Å². The van der Waals surface area contributed by atoms with Crippen molar-refractivity contribution in [2.24, 2.45) is 0 Å². The van der Waals surface area contributed by atoms with E-state index in [0.717, 1.165) is 57.3 Å². The van der Waals surface area contributed by atoms with Crippen LogP contribution in [0.1, 0.15) is 6.42 Å². The minimum absolute atomic E-state index is 0.0702. The largest absolute Gasteiger partial charge is 0.379 e. The van der Waals surface area contributed by atoms with Gasteiger partial charge in [0.1, 0.15) is 0 Å². The number of nitrogens with zero attached hydrogens (tertiary/aromatic N) is 2. The van der Waals surface area contributed by atoms with Crippen LogP contribution in [0.4, 0.5) is 10.5 Å². The average molecular weight is 404 g/mol. The molecule has 1 atom stereocenters. The third-order valence-electron chi connectivity index (χ3n) is 4.44. The van der Waals surface area contributed by atoms with Crippen LogP contribution in [0.5, 0.6) is 0 Å². The number of thioether (sulfide) groups is 1. The van der Waals surface area contributed by atoms with Gasteiger partial charge in [-0.25, -0.2) is 4.79 Å². The summed E-state index contributed by atoms with van der Waals surface area (Å²) in [7, 11) is 0. The van der Waals surface area contributed by atoms with Crippen molar-refractivity contribution in [1.29, 1.82) is 0 Å². The molecule has 0 aromatic heterocycles. The first-order valence-electron chi connectivity index (χ1n) is 8.54. The number of nitrogens with one attached hydrogen (secondary N) is 1. The number of carbonyl (C=O) groups excluding carboxylic acids is 1. The van der Waals surface area contributed by atoms with Crippen molar-refractivity contribution in [3.05, 3.63) is 28.2 Å². The van der Waals surface area contributed by atoms with E-state index in [2.05, 4.69) is 10.2 Å². The van der Waals surface area contributed by atoms with Crippen LogP contribution >= 0.6 is 35.0 Å². The molecule has 0 aliphatic carbocycles. The summed E-state index contributed by atoms with van der Waals surface area (Å²) in [5.74, 6) is 2.06. The molecule has 0 saturated carbocycles. The first kappa shape index (κ1) is 19.1. The predicted molar refractivity (Wildman–Crippen MR) is 105 cm³/mol. The quantitative estimate of drug-likeness (QED) is 0.835. The molecule has 2 aliphatic rings. The maximum atomic E-state index is 12.9. The molecule has 1 aromatic rings. The minimum atomic E-state index is -0.0702. The Bertz CT molecular complexity index is 599. The molecule has 1 N–H and O–H groups in total. The van der Waals surface area contributed by atoms with E-state index >= 15 is 0 Å². The number of carbonyl (C=O) groups is 1. The van der Waals surface area contributed by atoms with Crippen molar-refractivity contribution in [2.45, 2.75) is 12.5 Å². The van der Waals surface area contributed by atoms with Gasteiger partial charge in [-0.15, -0.1) is 0 Å². The van der Waals surface area contributed by atoms with Gasteiger partial charge in [0.25, 0.3) is 0 Å². The molecule has 0 radical (unpaired) electrons. The van der Waals surface area contributed by atoms with Gasteiger partial charge in [0, 0.05) is 37.6 Å². The lowest BCUT2D eigenvalue weighted by molar-refractivity contribution is 0.0288. The molecule has 25 heavy (non-hydrogen) atoms. The zero-order valence-corrected chi connectivity index (χ0v) is 16.4. The number of rotatable bonds is 3. The number of morpholine rings is 1. The molecule has 3 rings (SSSR count). The number of hydrogen-bond donors (Lipinski definition) is 1. The monoisotopic (exact) mass is 403 g/mol. The van der Waals surface area contributed by atoms with Crippen LogP contribution < -0.4 is 5.32 Å². The molecule has 0 unspecified atom stereocenters. The molecule has 5 nitrogen and oxygen atoms in total. The van der Waals surface area contributed by atoms with Gasteiger partial charge < -0.3 is 15.0 Å². The molecular formula is C17H23Cl2N3O2S. The fourth-order valence-corrected chi connectivity index (χ4v) is 4.45. The number of halogens is 2. The molecule has 0 spiro atoms. The summed E-state index contributed by atoms with van der Waals surface area (Å²) in [5.41, 5.74) is 0.668. The summed E-state index contributed by atoms with van der Waals surface area (Å²) >= 11 is 13.9. The summed E-state index contributed by atoms with van der Waals surface area (Å²) in [5, 5.41) is 3.89. The third-order valence-corrected chi connectivity index (χ3v) is 6.38. The standard InChI is InChI=1S/C17H23Cl2N3O2S/c18-15-3-2-13(10-16(15)19)20-17(23)22-4-1-9-25-12-14(22)11-21-5-7-24-8-6-21/h2-3,10,14H,1,4-9,11-12H2,(H,20,23)/t14-/m1/s1. The maximum absolute atomic E-state index is 12.9. The van der Waals surface area contributed by atoms with Crippen molar-refractivity contribution >= 4 is 46.7 Å². The minimum Gasteiger partial charge on any atom is -0.379 e. The Balaban J connectivity index is 1.66. The van der Waals surface area contributed by atoms with Gasteiger partial charge in [0.15, 0.2) is 0 Å². The predicted octanol–water partition coefficient (Wildman–Crippen LogP) is 3.67. The third kappa shape index (κ3) is 5.41. The van der Waals surface area contributed by atoms with Crippen LogP contribution in [0, 0.1) is 0 Å². The molecule has 138 valence electrons. The van der Waals surface area contributed by atoms with Crippen molar-refractivity contribution < 1.29 is 9.53 Å². The normalized spacial score (nSPS) is 22.5. The van der Waals surface area contributed by atoms with E-state index in [4.69, 9.17) is 27.9 Å². The van der Waals surface area contributed by atoms with E-state index in [1.165, 1.54) is 0 Å². The Hall–Kier alpha value is -0.660. The lowest BCUT2D eigenvalue weighted by Crippen LogP contribution is -2.51. The molecule has 1 aromatic carbocycles. The van der Waals surface area contributed by atoms with Crippen LogP contribution in [0.2, 0.25) is 10.0 Å². The molecule has 2 amide bonds. The van der Waals surface area contributed by atoms with Gasteiger partial charge in [-0.05, 0) is 30.4 Å². The molecule has 2 heterocycles. The second-order valence-electron chi connectivity index (χ2n) is 6.25. The summed E-state index contributed by atoms with van der Waals surface area (Å²) in [6.07, 6.45) is 1.01. The first-order chi connectivity index (χ1) is 12.1. The second kappa shape index (κ2) is 9.33. The van der Waals surface area contributed by atoms with Crippen molar-refractivity contribution in [1.82, 2.24) is 9.80 Å². The van der Waals surface area contributed by atoms with Gasteiger partial charge in [0.2, 0.25) is 0 Å². The maximum Gasteiger partial charge on any atom is 0.322 e. The van der Waals surface area contributed by atoms with E-state index in [9.17, 15) is 4.79 Å². The highest BCUT2D eigenvalue weighted by atomic mass is 35.5. The number of hydrogen-bond acceptors (Lipinski definition) is 4. The van der Waals surface area contributed by atoms with Crippen LogP contribution in [-0.4, -0.2) is 72.8 Å². The topological polar surface area (TPSA) is 44.8 Å². The van der Waals surface area contributed by atoms with E-state index in [1.807, 2.05) is 16.7 Å². The molecular weight excluding hydrogens is 381 g/mol. The first-order valence-corrected chi connectivity index (χ1v) is 10.4. The average Bonchev–Trinajstić information content (AvgIpc) is 2.84. The Morgan fingerprint density at radius 1 is 1.24 bits per heavy atom. The Morgan fingerprint density at radius 2 is 2.04 bits per heavy atom. The van der Waals surface area contributed by atoms with Gasteiger partial charge in [-0.2, -0.15) is 11.8 Å². The van der Waals surface area contributed by atoms with Crippen LogP contribution in [0.3, 0.4) is 0 Å². The summed E-state index contributed by atoms with van der Waals surface area (Å²) in [6, 6.07) is 5.29. The molecule has 0 bridgehead atoms. The van der Waals surface area contributed by atoms with Crippen molar-refractivity contribution in [3.63, 3.8) is 0 Å². The zero-order chi connectivity index (χ0) is 17.6. The van der Waals surface area contributed by atoms with Gasteiger partial charge in [-0.1, -0.05) is 23.2 Å². The number of amides is 2. The number of urea groups is 1. The molecule has 8 heteroatoms. The Labute approximate surface area is 163 Å². The molecule has 2 saturated heterocycles. The van der Waals surface area contributed by atoms with E-state index in [0.29, 0.717) is 15.7 Å². The lowest BCUT2D eigenvalue weighted by atomic mass is 10.2. The van der Waals surface area contributed by atoms with Crippen molar-refractivity contribution in [2.75, 3.05) is 56.2 Å². The van der Waals surface area contributed by atoms with Gasteiger partial charge in [0.05, 0.1) is 29.3 Å². The highest BCUT2D eigenvalue weighted by Gasteiger charge is 2.28. The lowest BCUT2D eigenvalue weighted by Gasteiger charge is -2.35. The number of anilines is 1. The SMILES string of the molecule is O=C(Nc1ccc(Cl)c(Cl)c1)N1CCCSC[C@H]1CN1CCOCC1. The van der Waals surface area contributed by atoms with Crippen molar-refractivity contribution in [3.8, 4) is 0 Å². The second-order valence-corrected chi connectivity index (χ2v) is 8.21. The number of benzene rings is 1. The highest BCUT2D eigenvalue weighted by Crippen LogP contribution is 2.26. The van der Waals surface area contributed by atoms with Crippen LogP contribution in [0.15, 0.2) is 18.2 Å². The Morgan fingerprint density at radius 3 is 2.80 bits per heavy atom. The molecule has 2 fully saturated rings. The van der Waals surface area contributed by atoms with Gasteiger partial charge >= 0.3 is 6.03 Å². The molecule has 2 aliphatic heterocycles. The van der Waals surface area contributed by atoms with Crippen LogP contribution in [-0.2, 0) is 4.74 Å². The summed E-state index contributed by atoms with van der Waals surface area (Å²) in [4.78, 5) is 17.2. The van der Waals surface area contributed by atoms with Crippen LogP contribution in [0.25, 0.3) is 0 Å². The van der Waals surface area contributed by atoms with Gasteiger partial charge in [-0.3, -0.25) is 4.90 Å². The smallest absolute Gasteiger partial charge is 0.322 e. The zero-order valence-electron chi connectivity index (χ0n) is 14.0. The fraction of sp³-hybridized carbons (Fsp3) is 0.588. The summed E-state index contributed by atoms with van der Waals surface area (Å²) in [6.45, 7) is 5.08. The van der Waals surface area contributed by atoms with E-state index in [-0.39, 0.29) is 12.1 Å². The van der Waals surface area contributed by atoms with E-state index in [1.54, 1.807) is 18.2 Å².